The quantitative estimate of drug-likeness (QED) is 0.794. The monoisotopic (exact) mass is 309 g/mol. The van der Waals surface area contributed by atoms with Gasteiger partial charge in [-0.15, -0.1) is 12.4 Å². The fourth-order valence-corrected chi connectivity index (χ4v) is 2.29. The van der Waals surface area contributed by atoms with Gasteiger partial charge in [0.15, 0.2) is 0 Å². The van der Waals surface area contributed by atoms with E-state index >= 15 is 0 Å². The third-order valence-corrected chi connectivity index (χ3v) is 3.82. The fourth-order valence-electron chi connectivity index (χ4n) is 1.84. The normalized spacial score (nSPS) is 16.4. The smallest absolute Gasteiger partial charge is 0.0551 e. The first-order valence-electron chi connectivity index (χ1n) is 4.92. The van der Waals surface area contributed by atoms with Crippen LogP contribution in [0.1, 0.15) is 18.4 Å². The molecule has 1 heterocycles. The van der Waals surface area contributed by atoms with Gasteiger partial charge >= 0.3 is 0 Å². The SMILES string of the molecule is Cl.Clc1cc(CN2CCCC2)ccc1Br. The van der Waals surface area contributed by atoms with Crippen molar-refractivity contribution in [2.75, 3.05) is 13.1 Å². The molecule has 0 atom stereocenters. The molecule has 0 spiro atoms. The summed E-state index contributed by atoms with van der Waals surface area (Å²) in [6.45, 7) is 3.49. The summed E-state index contributed by atoms with van der Waals surface area (Å²) in [6.07, 6.45) is 2.68. The van der Waals surface area contributed by atoms with Crippen molar-refractivity contribution in [2.45, 2.75) is 19.4 Å². The zero-order chi connectivity index (χ0) is 9.97. The third-order valence-electron chi connectivity index (χ3n) is 2.59. The lowest BCUT2D eigenvalue weighted by atomic mass is 10.2. The number of benzene rings is 1. The average Bonchev–Trinajstić information content (AvgIpc) is 2.64. The van der Waals surface area contributed by atoms with Crippen molar-refractivity contribution in [2.24, 2.45) is 0 Å². The summed E-state index contributed by atoms with van der Waals surface area (Å²) in [6, 6.07) is 6.20. The van der Waals surface area contributed by atoms with E-state index in [0.717, 1.165) is 16.0 Å². The third kappa shape index (κ3) is 3.63. The van der Waals surface area contributed by atoms with Gasteiger partial charge in [0.1, 0.15) is 0 Å². The predicted molar refractivity (Wildman–Crippen MR) is 70.9 cm³/mol. The molecule has 1 nitrogen and oxygen atoms in total. The van der Waals surface area contributed by atoms with E-state index < -0.39 is 0 Å². The second-order valence-corrected chi connectivity index (χ2v) is 4.99. The maximum Gasteiger partial charge on any atom is 0.0551 e. The number of hydrogen-bond acceptors (Lipinski definition) is 1. The van der Waals surface area contributed by atoms with Crippen LogP contribution in [0.2, 0.25) is 5.02 Å². The van der Waals surface area contributed by atoms with Crippen LogP contribution in [0.25, 0.3) is 0 Å². The number of nitrogens with zero attached hydrogens (tertiary/aromatic N) is 1. The zero-order valence-corrected chi connectivity index (χ0v) is 11.5. The molecule has 1 aromatic rings. The van der Waals surface area contributed by atoms with Crippen molar-refractivity contribution < 1.29 is 0 Å². The summed E-state index contributed by atoms with van der Waals surface area (Å²) in [5.41, 5.74) is 1.31. The molecule has 0 radical (unpaired) electrons. The first-order valence-corrected chi connectivity index (χ1v) is 6.09. The molecule has 0 aromatic heterocycles. The van der Waals surface area contributed by atoms with Gasteiger partial charge in [-0.1, -0.05) is 17.7 Å². The van der Waals surface area contributed by atoms with Gasteiger partial charge < -0.3 is 0 Å². The Morgan fingerprint density at radius 2 is 1.93 bits per heavy atom. The Kier molecular flexibility index (Phi) is 5.41. The predicted octanol–water partition coefficient (Wildman–Crippen LogP) is 4.12. The Labute approximate surface area is 110 Å². The molecule has 0 aliphatic carbocycles. The van der Waals surface area contributed by atoms with Crippen LogP contribution in [0.3, 0.4) is 0 Å². The zero-order valence-electron chi connectivity index (χ0n) is 8.38. The van der Waals surface area contributed by atoms with Crippen LogP contribution < -0.4 is 0 Å². The molecule has 15 heavy (non-hydrogen) atoms. The van der Waals surface area contributed by atoms with Crippen LogP contribution in [0.4, 0.5) is 0 Å². The van der Waals surface area contributed by atoms with Gasteiger partial charge in [0.05, 0.1) is 5.02 Å². The summed E-state index contributed by atoms with van der Waals surface area (Å²) in [5.74, 6) is 0. The Hall–Kier alpha value is 0.240. The van der Waals surface area contributed by atoms with Crippen LogP contribution in [0.5, 0.6) is 0 Å². The lowest BCUT2D eigenvalue weighted by Gasteiger charge is -2.14. The number of rotatable bonds is 2. The van der Waals surface area contributed by atoms with E-state index in [1.54, 1.807) is 0 Å². The molecule has 0 amide bonds. The standard InChI is InChI=1S/C11H13BrClN.ClH/c12-10-4-3-9(7-11(10)13)8-14-5-1-2-6-14;/h3-4,7H,1-2,5-6,8H2;1H. The Bertz CT molecular complexity index is 324. The molecule has 84 valence electrons. The highest BCUT2D eigenvalue weighted by Crippen LogP contribution is 2.24. The van der Waals surface area contributed by atoms with Crippen molar-refractivity contribution in [1.82, 2.24) is 4.90 Å². The van der Waals surface area contributed by atoms with Gasteiger partial charge in [-0.2, -0.15) is 0 Å². The first kappa shape index (κ1) is 13.3. The van der Waals surface area contributed by atoms with Crippen LogP contribution in [0, 0.1) is 0 Å². The molecule has 0 unspecified atom stereocenters. The highest BCUT2D eigenvalue weighted by atomic mass is 79.9. The minimum atomic E-state index is 0. The van der Waals surface area contributed by atoms with Crippen molar-refractivity contribution in [3.8, 4) is 0 Å². The number of hydrogen-bond donors (Lipinski definition) is 0. The lowest BCUT2D eigenvalue weighted by molar-refractivity contribution is 0.331. The fraction of sp³-hybridized carbons (Fsp3) is 0.455. The molecule has 0 saturated carbocycles. The molecular formula is C11H14BrCl2N. The summed E-state index contributed by atoms with van der Waals surface area (Å²) >= 11 is 9.43. The second kappa shape index (κ2) is 6.09. The largest absolute Gasteiger partial charge is 0.299 e. The molecule has 0 N–H and O–H groups in total. The van der Waals surface area contributed by atoms with Gasteiger partial charge in [-0.3, -0.25) is 4.90 Å². The van der Waals surface area contributed by atoms with Crippen LogP contribution in [-0.2, 0) is 6.54 Å². The minimum absolute atomic E-state index is 0. The Morgan fingerprint density at radius 1 is 1.27 bits per heavy atom. The van der Waals surface area contributed by atoms with E-state index in [2.05, 4.69) is 26.9 Å². The summed E-state index contributed by atoms with van der Waals surface area (Å²) < 4.78 is 0.976. The lowest BCUT2D eigenvalue weighted by Crippen LogP contribution is -2.18. The van der Waals surface area contributed by atoms with Crippen molar-refractivity contribution in [1.29, 1.82) is 0 Å². The second-order valence-electron chi connectivity index (χ2n) is 3.73. The molecule has 1 fully saturated rings. The van der Waals surface area contributed by atoms with Gasteiger partial charge in [0.25, 0.3) is 0 Å². The Morgan fingerprint density at radius 3 is 2.53 bits per heavy atom. The van der Waals surface area contributed by atoms with Gasteiger partial charge in [0.2, 0.25) is 0 Å². The summed E-state index contributed by atoms with van der Waals surface area (Å²) in [4.78, 5) is 2.47. The maximum absolute atomic E-state index is 6.03. The van der Waals surface area contributed by atoms with Crippen LogP contribution in [0.15, 0.2) is 22.7 Å². The minimum Gasteiger partial charge on any atom is -0.299 e. The van der Waals surface area contributed by atoms with E-state index in [-0.39, 0.29) is 12.4 Å². The summed E-state index contributed by atoms with van der Waals surface area (Å²) in [7, 11) is 0. The first-order chi connectivity index (χ1) is 6.75. The van der Waals surface area contributed by atoms with Crippen molar-refractivity contribution in [3.63, 3.8) is 0 Å². The van der Waals surface area contributed by atoms with E-state index in [4.69, 9.17) is 11.6 Å². The van der Waals surface area contributed by atoms with Gasteiger partial charge in [0, 0.05) is 11.0 Å². The molecule has 4 heteroatoms. The van der Waals surface area contributed by atoms with E-state index in [0.29, 0.717) is 0 Å². The van der Waals surface area contributed by atoms with E-state index in [1.807, 2.05) is 12.1 Å². The molecule has 2 rings (SSSR count). The number of likely N-dealkylation sites (tertiary alicyclic amines) is 1. The highest BCUT2D eigenvalue weighted by molar-refractivity contribution is 9.10. The van der Waals surface area contributed by atoms with E-state index in [1.165, 1.54) is 31.5 Å². The van der Waals surface area contributed by atoms with Gasteiger partial charge in [-0.05, 0) is 59.6 Å². The van der Waals surface area contributed by atoms with Crippen LogP contribution >= 0.6 is 39.9 Å². The van der Waals surface area contributed by atoms with Crippen LogP contribution in [-0.4, -0.2) is 18.0 Å². The maximum atomic E-state index is 6.03. The topological polar surface area (TPSA) is 3.24 Å². The molecule has 1 aromatic carbocycles. The average molecular weight is 311 g/mol. The van der Waals surface area contributed by atoms with Crippen molar-refractivity contribution in [3.05, 3.63) is 33.3 Å². The van der Waals surface area contributed by atoms with E-state index in [9.17, 15) is 0 Å². The molecular weight excluding hydrogens is 297 g/mol. The van der Waals surface area contributed by atoms with Gasteiger partial charge in [-0.25, -0.2) is 0 Å². The highest BCUT2D eigenvalue weighted by Gasteiger charge is 2.11. The Balaban J connectivity index is 0.00000112. The summed E-state index contributed by atoms with van der Waals surface area (Å²) in [5, 5.41) is 0.807. The molecule has 1 saturated heterocycles. The van der Waals surface area contributed by atoms with Crippen molar-refractivity contribution >= 4 is 39.9 Å². The molecule has 0 bridgehead atoms. The number of halogens is 3. The molecule has 1 aliphatic heterocycles. The molecule has 1 aliphatic rings.